The third-order valence-electron chi connectivity index (χ3n) is 2.09. The van der Waals surface area contributed by atoms with Crippen molar-refractivity contribution in [2.45, 2.75) is 12.8 Å². The van der Waals surface area contributed by atoms with Crippen LogP contribution in [0.3, 0.4) is 0 Å². The average Bonchev–Trinajstić information content (AvgIpc) is 2.61. The van der Waals surface area contributed by atoms with E-state index in [0.717, 1.165) is 16.5 Å². The summed E-state index contributed by atoms with van der Waals surface area (Å²) >= 11 is 3.34. The van der Waals surface area contributed by atoms with Crippen molar-refractivity contribution >= 4 is 28.2 Å². The molecule has 1 aliphatic rings. The summed E-state index contributed by atoms with van der Waals surface area (Å²) in [5.41, 5.74) is 2.09. The van der Waals surface area contributed by atoms with E-state index in [1.54, 1.807) is 0 Å². The maximum Gasteiger partial charge on any atom is 0.292 e. The molecule has 0 saturated carbocycles. The van der Waals surface area contributed by atoms with E-state index in [1.807, 2.05) is 18.2 Å². The van der Waals surface area contributed by atoms with Crippen molar-refractivity contribution in [2.75, 3.05) is 7.11 Å². The lowest BCUT2D eigenvalue weighted by Crippen LogP contribution is -1.89. The largest absolute Gasteiger partial charge is 0.471 e. The van der Waals surface area contributed by atoms with E-state index in [9.17, 15) is 4.79 Å². The molecular formula is C11H11BrO3. The van der Waals surface area contributed by atoms with Crippen LogP contribution in [0.25, 0.3) is 0 Å². The maximum absolute atomic E-state index is 11.2. The highest BCUT2D eigenvalue weighted by molar-refractivity contribution is 9.10. The molecule has 4 heteroatoms. The third-order valence-corrected chi connectivity index (χ3v) is 2.58. The number of methoxy groups -OCH3 is 1. The van der Waals surface area contributed by atoms with Crippen LogP contribution in [0.5, 0.6) is 0 Å². The molecule has 2 rings (SSSR count). The molecule has 0 amide bonds. The highest BCUT2D eigenvalue weighted by Crippen LogP contribution is 2.24. The van der Waals surface area contributed by atoms with Crippen LogP contribution in [-0.4, -0.2) is 19.4 Å². The number of carbonyl (C=O) groups is 2. The Bertz CT molecular complexity index is 374. The zero-order valence-electron chi connectivity index (χ0n) is 8.33. The van der Waals surface area contributed by atoms with E-state index in [-0.39, 0.29) is 5.78 Å². The predicted molar refractivity (Wildman–Crippen MR) is 59.9 cm³/mol. The Hall–Kier alpha value is -1.16. The second-order valence-electron chi connectivity index (χ2n) is 3.06. The quantitative estimate of drug-likeness (QED) is 0.736. The molecule has 0 aromatic heterocycles. The molecule has 0 N–H and O–H groups in total. The Labute approximate surface area is 96.6 Å². The van der Waals surface area contributed by atoms with Crippen molar-refractivity contribution in [3.05, 3.63) is 33.8 Å². The Morgan fingerprint density at radius 2 is 2.07 bits per heavy atom. The summed E-state index contributed by atoms with van der Waals surface area (Å²) in [6.07, 6.45) is 1.60. The lowest BCUT2D eigenvalue weighted by molar-refractivity contribution is -0.126. The van der Waals surface area contributed by atoms with Gasteiger partial charge in [0.2, 0.25) is 0 Å². The standard InChI is InChI=1S/C9H7BrO.C2H4O2/c10-7-3-1-6-2-4-9(11)8(6)5-7;1-4-2-3/h1,3,5H,2,4H2;2H,1H3. The molecule has 0 heterocycles. The maximum atomic E-state index is 11.2. The van der Waals surface area contributed by atoms with Gasteiger partial charge in [0.1, 0.15) is 0 Å². The van der Waals surface area contributed by atoms with Crippen LogP contribution in [0.2, 0.25) is 0 Å². The topological polar surface area (TPSA) is 43.4 Å². The summed E-state index contributed by atoms with van der Waals surface area (Å²) in [6, 6.07) is 5.91. The minimum absolute atomic E-state index is 0.279. The van der Waals surface area contributed by atoms with Crippen LogP contribution in [0.4, 0.5) is 0 Å². The summed E-state index contributed by atoms with van der Waals surface area (Å²) in [5.74, 6) is 0.279. The molecule has 0 bridgehead atoms. The lowest BCUT2D eigenvalue weighted by Gasteiger charge is -1.96. The summed E-state index contributed by atoms with van der Waals surface area (Å²) in [5, 5.41) is 0. The van der Waals surface area contributed by atoms with Gasteiger partial charge in [-0.05, 0) is 24.1 Å². The second kappa shape index (κ2) is 5.66. The number of hydrogen-bond acceptors (Lipinski definition) is 3. The third kappa shape index (κ3) is 3.16. The number of fused-ring (bicyclic) bond motifs is 1. The molecule has 0 saturated heterocycles. The van der Waals surface area contributed by atoms with Crippen molar-refractivity contribution in [3.63, 3.8) is 0 Å². The Morgan fingerprint density at radius 3 is 2.67 bits per heavy atom. The molecule has 0 spiro atoms. The van der Waals surface area contributed by atoms with Crippen LogP contribution in [0.15, 0.2) is 22.7 Å². The highest BCUT2D eigenvalue weighted by Gasteiger charge is 2.18. The number of carbonyl (C=O) groups excluding carboxylic acids is 2. The molecule has 1 aromatic carbocycles. The van der Waals surface area contributed by atoms with Crippen LogP contribution in [-0.2, 0) is 16.0 Å². The normalized spacial score (nSPS) is 12.5. The number of rotatable bonds is 1. The number of hydrogen-bond donors (Lipinski definition) is 0. The fourth-order valence-corrected chi connectivity index (χ4v) is 1.77. The first-order valence-electron chi connectivity index (χ1n) is 4.47. The molecule has 15 heavy (non-hydrogen) atoms. The van der Waals surface area contributed by atoms with Gasteiger partial charge in [0, 0.05) is 16.5 Å². The van der Waals surface area contributed by atoms with E-state index in [0.29, 0.717) is 12.9 Å². The predicted octanol–water partition coefficient (Wildman–Crippen LogP) is 2.37. The van der Waals surface area contributed by atoms with Crippen LogP contribution < -0.4 is 0 Å². The van der Waals surface area contributed by atoms with E-state index < -0.39 is 0 Å². The molecule has 0 radical (unpaired) electrons. The lowest BCUT2D eigenvalue weighted by atomic mass is 10.1. The summed E-state index contributed by atoms with van der Waals surface area (Å²) in [7, 11) is 1.31. The zero-order valence-corrected chi connectivity index (χ0v) is 9.91. The Morgan fingerprint density at radius 1 is 1.40 bits per heavy atom. The SMILES string of the molecule is COC=O.O=C1CCc2ccc(Br)cc21. The molecule has 0 atom stereocenters. The molecule has 80 valence electrons. The van der Waals surface area contributed by atoms with Gasteiger partial charge in [-0.25, -0.2) is 0 Å². The van der Waals surface area contributed by atoms with Gasteiger partial charge in [-0.2, -0.15) is 0 Å². The Kier molecular flexibility index (Phi) is 4.49. The van der Waals surface area contributed by atoms with Gasteiger partial charge >= 0.3 is 0 Å². The van der Waals surface area contributed by atoms with Gasteiger partial charge < -0.3 is 4.74 Å². The van der Waals surface area contributed by atoms with Crippen molar-refractivity contribution in [2.24, 2.45) is 0 Å². The van der Waals surface area contributed by atoms with Gasteiger partial charge in [-0.3, -0.25) is 9.59 Å². The number of Topliss-reactive ketones (excluding diaryl/α,β-unsaturated/α-hetero) is 1. The number of aryl methyl sites for hydroxylation is 1. The Balaban J connectivity index is 0.000000245. The number of halogens is 1. The van der Waals surface area contributed by atoms with Crippen molar-refractivity contribution in [1.82, 2.24) is 0 Å². The van der Waals surface area contributed by atoms with E-state index >= 15 is 0 Å². The number of ether oxygens (including phenoxy) is 1. The first kappa shape index (κ1) is 11.9. The van der Waals surface area contributed by atoms with E-state index in [2.05, 4.69) is 20.7 Å². The van der Waals surface area contributed by atoms with Gasteiger partial charge in [-0.15, -0.1) is 0 Å². The fraction of sp³-hybridized carbons (Fsp3) is 0.273. The molecule has 1 aliphatic carbocycles. The van der Waals surface area contributed by atoms with Gasteiger partial charge in [0.05, 0.1) is 7.11 Å². The van der Waals surface area contributed by atoms with Crippen LogP contribution in [0, 0.1) is 0 Å². The van der Waals surface area contributed by atoms with Crippen molar-refractivity contribution < 1.29 is 14.3 Å². The average molecular weight is 271 g/mol. The summed E-state index contributed by atoms with van der Waals surface area (Å²) in [4.78, 5) is 20.1. The molecule has 0 aliphatic heterocycles. The van der Waals surface area contributed by atoms with Crippen molar-refractivity contribution in [3.8, 4) is 0 Å². The number of benzene rings is 1. The summed E-state index contributed by atoms with van der Waals surface area (Å²) < 4.78 is 4.85. The fourth-order valence-electron chi connectivity index (χ4n) is 1.41. The minimum atomic E-state index is 0.279. The molecule has 0 unspecified atom stereocenters. The second-order valence-corrected chi connectivity index (χ2v) is 3.97. The first-order valence-corrected chi connectivity index (χ1v) is 5.26. The van der Waals surface area contributed by atoms with Gasteiger partial charge in [0.25, 0.3) is 6.47 Å². The van der Waals surface area contributed by atoms with Crippen molar-refractivity contribution in [1.29, 1.82) is 0 Å². The monoisotopic (exact) mass is 270 g/mol. The molecule has 0 fully saturated rings. The smallest absolute Gasteiger partial charge is 0.292 e. The van der Waals surface area contributed by atoms with E-state index in [1.165, 1.54) is 12.7 Å². The highest BCUT2D eigenvalue weighted by atomic mass is 79.9. The van der Waals surface area contributed by atoms with Crippen LogP contribution in [0.1, 0.15) is 22.3 Å². The number of ketones is 1. The van der Waals surface area contributed by atoms with Gasteiger partial charge in [-0.1, -0.05) is 22.0 Å². The van der Waals surface area contributed by atoms with E-state index in [4.69, 9.17) is 4.79 Å². The van der Waals surface area contributed by atoms with Crippen LogP contribution >= 0.6 is 15.9 Å². The molecule has 3 nitrogen and oxygen atoms in total. The first-order chi connectivity index (χ1) is 7.19. The summed E-state index contributed by atoms with van der Waals surface area (Å²) in [6.45, 7) is 0.375. The minimum Gasteiger partial charge on any atom is -0.471 e. The van der Waals surface area contributed by atoms with Gasteiger partial charge in [0.15, 0.2) is 5.78 Å². The zero-order chi connectivity index (χ0) is 11.3. The molecule has 1 aromatic rings. The molecular weight excluding hydrogens is 260 g/mol.